The zero-order valence-electron chi connectivity index (χ0n) is 12.0. The minimum absolute atomic E-state index is 0.0597. The van der Waals surface area contributed by atoms with Crippen molar-refractivity contribution in [2.24, 2.45) is 17.1 Å². The first-order valence-electron chi connectivity index (χ1n) is 6.97. The van der Waals surface area contributed by atoms with E-state index in [9.17, 15) is 4.79 Å². The number of aromatic nitrogens is 2. The molecular formula is C13H22N4O2S. The molecule has 0 unspecified atom stereocenters. The van der Waals surface area contributed by atoms with Crippen LogP contribution in [0.3, 0.4) is 0 Å². The molecule has 1 aliphatic heterocycles. The summed E-state index contributed by atoms with van der Waals surface area (Å²) in [4.78, 5) is 12.4. The summed E-state index contributed by atoms with van der Waals surface area (Å²) >= 11 is 1.44. The van der Waals surface area contributed by atoms with E-state index in [1.54, 1.807) is 0 Å². The molecule has 112 valence electrons. The van der Waals surface area contributed by atoms with Gasteiger partial charge in [0.15, 0.2) is 0 Å². The van der Waals surface area contributed by atoms with Crippen molar-refractivity contribution in [2.45, 2.75) is 33.1 Å². The number of amides is 1. The van der Waals surface area contributed by atoms with Gasteiger partial charge in [-0.15, -0.1) is 10.2 Å². The Balaban J connectivity index is 2.01. The first-order valence-corrected chi connectivity index (χ1v) is 7.79. The molecule has 2 heterocycles. The number of carbonyl (C=O) groups excluding carboxylic acids is 1. The molecule has 1 aromatic rings. The van der Waals surface area contributed by atoms with Gasteiger partial charge < -0.3 is 10.5 Å². The molecule has 0 aliphatic carbocycles. The number of hydrogen-bond donors (Lipinski definition) is 2. The fourth-order valence-electron chi connectivity index (χ4n) is 2.25. The number of nitrogens with two attached hydrogens (primary N) is 1. The molecule has 3 N–H and O–H groups in total. The van der Waals surface area contributed by atoms with Crippen LogP contribution in [0, 0.1) is 11.3 Å². The highest BCUT2D eigenvalue weighted by atomic mass is 32.1. The molecule has 0 saturated carbocycles. The Morgan fingerprint density at radius 3 is 2.75 bits per heavy atom. The van der Waals surface area contributed by atoms with Crippen LogP contribution < -0.4 is 11.1 Å². The summed E-state index contributed by atoms with van der Waals surface area (Å²) < 4.78 is 5.31. The summed E-state index contributed by atoms with van der Waals surface area (Å²) in [5.41, 5.74) is 5.29. The van der Waals surface area contributed by atoms with Crippen LogP contribution in [-0.4, -0.2) is 35.9 Å². The van der Waals surface area contributed by atoms with Crippen molar-refractivity contribution in [1.82, 2.24) is 10.2 Å². The Kier molecular flexibility index (Phi) is 5.06. The fourth-order valence-corrected chi connectivity index (χ4v) is 3.20. The monoisotopic (exact) mass is 298 g/mol. The van der Waals surface area contributed by atoms with Gasteiger partial charge in [-0.2, -0.15) is 0 Å². The number of nitrogens with zero attached hydrogens (tertiary/aromatic N) is 2. The summed E-state index contributed by atoms with van der Waals surface area (Å²) in [6, 6.07) is 0. The molecule has 2 rings (SSSR count). The van der Waals surface area contributed by atoms with E-state index in [1.165, 1.54) is 11.3 Å². The van der Waals surface area contributed by atoms with E-state index in [2.05, 4.69) is 29.4 Å². The molecule has 1 aromatic heterocycles. The van der Waals surface area contributed by atoms with Crippen LogP contribution in [0.4, 0.5) is 5.13 Å². The predicted octanol–water partition coefficient (Wildman–Crippen LogP) is 1.43. The second-order valence-corrected chi connectivity index (χ2v) is 6.71. The minimum Gasteiger partial charge on any atom is -0.381 e. The van der Waals surface area contributed by atoms with Gasteiger partial charge in [-0.3, -0.25) is 10.1 Å². The highest BCUT2D eigenvalue weighted by Crippen LogP contribution is 2.31. The maximum Gasteiger partial charge on any atom is 0.233 e. The topological polar surface area (TPSA) is 90.1 Å². The summed E-state index contributed by atoms with van der Waals surface area (Å²) in [7, 11) is 0. The van der Waals surface area contributed by atoms with Crippen LogP contribution in [-0.2, 0) is 16.0 Å². The van der Waals surface area contributed by atoms with E-state index in [1.807, 2.05) is 0 Å². The van der Waals surface area contributed by atoms with E-state index in [-0.39, 0.29) is 5.91 Å². The highest BCUT2D eigenvalue weighted by molar-refractivity contribution is 7.15. The lowest BCUT2D eigenvalue weighted by Gasteiger charge is -2.34. The Labute approximate surface area is 123 Å². The molecular weight excluding hydrogens is 276 g/mol. The second-order valence-electron chi connectivity index (χ2n) is 5.65. The number of anilines is 1. The van der Waals surface area contributed by atoms with Crippen molar-refractivity contribution < 1.29 is 9.53 Å². The van der Waals surface area contributed by atoms with Gasteiger partial charge in [-0.05, 0) is 18.8 Å². The normalized spacial score (nSPS) is 18.2. The van der Waals surface area contributed by atoms with Gasteiger partial charge in [0.25, 0.3) is 0 Å². The molecule has 20 heavy (non-hydrogen) atoms. The van der Waals surface area contributed by atoms with Gasteiger partial charge in [-0.1, -0.05) is 25.2 Å². The quantitative estimate of drug-likeness (QED) is 0.858. The standard InChI is InChI=1S/C13H22N4O2S/c1-9(2)7-10-16-17-12(20-10)15-11(18)13(8-14)3-5-19-6-4-13/h9H,3-8,14H2,1-2H3,(H,15,17,18). The third kappa shape index (κ3) is 3.53. The third-order valence-corrected chi connectivity index (χ3v) is 4.45. The lowest BCUT2D eigenvalue weighted by Crippen LogP contribution is -2.46. The smallest absolute Gasteiger partial charge is 0.233 e. The summed E-state index contributed by atoms with van der Waals surface area (Å²) in [5.74, 6) is 0.466. The molecule has 0 spiro atoms. The van der Waals surface area contributed by atoms with E-state index < -0.39 is 5.41 Å². The zero-order valence-corrected chi connectivity index (χ0v) is 12.8. The number of hydrogen-bond acceptors (Lipinski definition) is 6. The zero-order chi connectivity index (χ0) is 14.6. The summed E-state index contributed by atoms with van der Waals surface area (Å²) in [6.45, 7) is 5.76. The van der Waals surface area contributed by atoms with Crippen LogP contribution in [0.15, 0.2) is 0 Å². The molecule has 0 aromatic carbocycles. The minimum atomic E-state index is -0.526. The summed E-state index contributed by atoms with van der Waals surface area (Å²) in [6.07, 6.45) is 2.20. The van der Waals surface area contributed by atoms with E-state index >= 15 is 0 Å². The molecule has 0 radical (unpaired) electrons. The number of rotatable bonds is 5. The molecule has 7 heteroatoms. The molecule has 1 saturated heterocycles. The largest absolute Gasteiger partial charge is 0.381 e. The van der Waals surface area contributed by atoms with Crippen molar-refractivity contribution in [2.75, 3.05) is 25.1 Å². The molecule has 0 bridgehead atoms. The Morgan fingerprint density at radius 1 is 1.45 bits per heavy atom. The molecule has 1 fully saturated rings. The van der Waals surface area contributed by atoms with E-state index in [0.29, 0.717) is 43.6 Å². The maximum absolute atomic E-state index is 12.4. The van der Waals surface area contributed by atoms with Crippen LogP contribution in [0.25, 0.3) is 0 Å². The van der Waals surface area contributed by atoms with Gasteiger partial charge >= 0.3 is 0 Å². The third-order valence-electron chi connectivity index (χ3n) is 3.59. The SMILES string of the molecule is CC(C)Cc1nnc(NC(=O)C2(CN)CCOCC2)s1. The average molecular weight is 298 g/mol. The Hall–Kier alpha value is -1.05. The second kappa shape index (κ2) is 6.60. The molecule has 1 amide bonds. The van der Waals surface area contributed by atoms with Crippen LogP contribution in [0.2, 0.25) is 0 Å². The number of carbonyl (C=O) groups is 1. The lowest BCUT2D eigenvalue weighted by molar-refractivity contribution is -0.130. The molecule has 6 nitrogen and oxygen atoms in total. The van der Waals surface area contributed by atoms with Gasteiger partial charge in [0, 0.05) is 26.2 Å². The average Bonchev–Trinajstić information content (AvgIpc) is 2.85. The lowest BCUT2D eigenvalue weighted by atomic mass is 9.79. The van der Waals surface area contributed by atoms with Gasteiger partial charge in [-0.25, -0.2) is 0 Å². The fraction of sp³-hybridized carbons (Fsp3) is 0.769. The van der Waals surface area contributed by atoms with Crippen LogP contribution >= 0.6 is 11.3 Å². The van der Waals surface area contributed by atoms with E-state index in [4.69, 9.17) is 10.5 Å². The van der Waals surface area contributed by atoms with Crippen LogP contribution in [0.5, 0.6) is 0 Å². The molecule has 0 atom stereocenters. The van der Waals surface area contributed by atoms with Crippen LogP contribution in [0.1, 0.15) is 31.7 Å². The van der Waals surface area contributed by atoms with Crippen molar-refractivity contribution in [3.8, 4) is 0 Å². The number of nitrogens with one attached hydrogen (secondary N) is 1. The number of ether oxygens (including phenoxy) is 1. The van der Waals surface area contributed by atoms with Gasteiger partial charge in [0.1, 0.15) is 5.01 Å². The van der Waals surface area contributed by atoms with Crippen molar-refractivity contribution in [1.29, 1.82) is 0 Å². The van der Waals surface area contributed by atoms with Gasteiger partial charge in [0.2, 0.25) is 11.0 Å². The highest BCUT2D eigenvalue weighted by Gasteiger charge is 2.39. The van der Waals surface area contributed by atoms with Crippen molar-refractivity contribution in [3.63, 3.8) is 0 Å². The first kappa shape index (κ1) is 15.3. The predicted molar refractivity (Wildman–Crippen MR) is 78.6 cm³/mol. The Bertz CT molecular complexity index is 455. The van der Waals surface area contributed by atoms with E-state index in [0.717, 1.165) is 11.4 Å². The van der Waals surface area contributed by atoms with Crippen molar-refractivity contribution in [3.05, 3.63) is 5.01 Å². The summed E-state index contributed by atoms with van der Waals surface area (Å²) in [5, 5.41) is 12.5. The van der Waals surface area contributed by atoms with Gasteiger partial charge in [0.05, 0.1) is 5.41 Å². The Morgan fingerprint density at radius 2 is 2.15 bits per heavy atom. The first-order chi connectivity index (χ1) is 9.55. The van der Waals surface area contributed by atoms with Crippen molar-refractivity contribution >= 4 is 22.4 Å². The molecule has 1 aliphatic rings. The maximum atomic E-state index is 12.4.